The number of morpholine rings is 1. The van der Waals surface area contributed by atoms with Gasteiger partial charge in [0.25, 0.3) is 5.91 Å². The Labute approximate surface area is 186 Å². The third-order valence-electron chi connectivity index (χ3n) is 6.42. The second-order valence-electron chi connectivity index (χ2n) is 8.37. The first-order chi connectivity index (χ1) is 15.8. The van der Waals surface area contributed by atoms with Gasteiger partial charge in [0.15, 0.2) is 11.5 Å². The van der Waals surface area contributed by atoms with E-state index in [0.717, 1.165) is 69.6 Å². The van der Waals surface area contributed by atoms with E-state index in [2.05, 4.69) is 6.08 Å². The minimum Gasteiger partial charge on any atom is -0.454 e. The molecule has 162 valence electrons. The van der Waals surface area contributed by atoms with Crippen LogP contribution in [0.25, 0.3) is 22.6 Å². The predicted octanol–water partition coefficient (Wildman–Crippen LogP) is 4.31. The summed E-state index contributed by atoms with van der Waals surface area (Å²) < 4.78 is 16.5. The molecule has 3 aliphatic rings. The summed E-state index contributed by atoms with van der Waals surface area (Å²) in [7, 11) is 0. The average Bonchev–Trinajstić information content (AvgIpc) is 3.31. The second kappa shape index (κ2) is 7.95. The standard InChI is InChI=1S/C26H24N2O4/c29-26(28-10-12-30-13-11-28)24-19-5-1-2-7-21(19)27-25-18(4-3-6-20(24)25)14-17-8-9-22-23(15-17)32-16-31-22/h1-2,5,7-9,14-15H,3-4,6,10-13,16H2/b18-14-. The van der Waals surface area contributed by atoms with Gasteiger partial charge in [0.05, 0.1) is 30.0 Å². The van der Waals surface area contributed by atoms with Crippen molar-refractivity contribution in [1.29, 1.82) is 0 Å². The minimum atomic E-state index is 0.0903. The van der Waals surface area contributed by atoms with Crippen LogP contribution in [0.5, 0.6) is 11.5 Å². The summed E-state index contributed by atoms with van der Waals surface area (Å²) in [4.78, 5) is 20.6. The zero-order chi connectivity index (χ0) is 21.5. The molecule has 1 fully saturated rings. The first-order valence-corrected chi connectivity index (χ1v) is 11.2. The predicted molar refractivity (Wildman–Crippen MR) is 122 cm³/mol. The molecule has 0 N–H and O–H groups in total. The highest BCUT2D eigenvalue weighted by atomic mass is 16.7. The van der Waals surface area contributed by atoms with Gasteiger partial charge < -0.3 is 19.1 Å². The quantitative estimate of drug-likeness (QED) is 0.609. The molecule has 3 heterocycles. The Morgan fingerprint density at radius 3 is 2.75 bits per heavy atom. The summed E-state index contributed by atoms with van der Waals surface area (Å²) in [6.07, 6.45) is 4.95. The third kappa shape index (κ3) is 3.31. The fraction of sp³-hybridized carbons (Fsp3) is 0.308. The van der Waals surface area contributed by atoms with Crippen LogP contribution >= 0.6 is 0 Å². The van der Waals surface area contributed by atoms with Gasteiger partial charge in [-0.2, -0.15) is 0 Å². The Balaban J connectivity index is 1.49. The molecule has 6 heteroatoms. The Hall–Kier alpha value is -3.38. The molecule has 32 heavy (non-hydrogen) atoms. The average molecular weight is 428 g/mol. The molecule has 0 radical (unpaired) electrons. The molecule has 1 amide bonds. The highest BCUT2D eigenvalue weighted by molar-refractivity contribution is 6.09. The number of para-hydroxylation sites is 1. The van der Waals surface area contributed by atoms with Crippen LogP contribution in [0, 0.1) is 0 Å². The van der Waals surface area contributed by atoms with Gasteiger partial charge in [-0.1, -0.05) is 24.3 Å². The van der Waals surface area contributed by atoms with E-state index >= 15 is 0 Å². The molecular weight excluding hydrogens is 404 g/mol. The normalized spacial score (nSPS) is 18.8. The third-order valence-corrected chi connectivity index (χ3v) is 6.42. The van der Waals surface area contributed by atoms with Crippen molar-refractivity contribution in [3.8, 4) is 11.5 Å². The van der Waals surface area contributed by atoms with Crippen molar-refractivity contribution in [2.45, 2.75) is 19.3 Å². The monoisotopic (exact) mass is 428 g/mol. The van der Waals surface area contributed by atoms with Crippen LogP contribution < -0.4 is 9.47 Å². The summed E-state index contributed by atoms with van der Waals surface area (Å²) in [5.41, 5.74) is 5.90. The largest absolute Gasteiger partial charge is 0.454 e. The van der Waals surface area contributed by atoms with E-state index in [1.165, 1.54) is 0 Å². The van der Waals surface area contributed by atoms with Crippen LogP contribution in [0.2, 0.25) is 0 Å². The van der Waals surface area contributed by atoms with E-state index < -0.39 is 0 Å². The number of aromatic nitrogens is 1. The molecule has 0 saturated carbocycles. The molecule has 2 aromatic carbocycles. The number of hydrogen-bond donors (Lipinski definition) is 0. The lowest BCUT2D eigenvalue weighted by Gasteiger charge is -2.30. The van der Waals surface area contributed by atoms with Crippen LogP contribution in [-0.4, -0.2) is 48.9 Å². The smallest absolute Gasteiger partial charge is 0.255 e. The Morgan fingerprint density at radius 2 is 1.84 bits per heavy atom. The molecule has 1 aliphatic carbocycles. The number of rotatable bonds is 2. The molecule has 0 spiro atoms. The van der Waals surface area contributed by atoms with Crippen molar-refractivity contribution in [1.82, 2.24) is 9.88 Å². The Morgan fingerprint density at radius 1 is 1.00 bits per heavy atom. The number of benzene rings is 2. The lowest BCUT2D eigenvalue weighted by molar-refractivity contribution is 0.0303. The SMILES string of the molecule is O=C(c1c2c(nc3ccccc13)/C(=C\c1ccc3c(c1)OCO3)CCC2)N1CCOCC1. The Bertz CT molecular complexity index is 1240. The molecule has 6 nitrogen and oxygen atoms in total. The first kappa shape index (κ1) is 19.3. The van der Waals surface area contributed by atoms with Crippen molar-refractivity contribution in [2.75, 3.05) is 33.1 Å². The van der Waals surface area contributed by atoms with Crippen LogP contribution in [0.15, 0.2) is 42.5 Å². The second-order valence-corrected chi connectivity index (χ2v) is 8.37. The van der Waals surface area contributed by atoms with Gasteiger partial charge >= 0.3 is 0 Å². The lowest BCUT2D eigenvalue weighted by Crippen LogP contribution is -2.41. The number of fused-ring (bicyclic) bond motifs is 3. The number of carbonyl (C=O) groups is 1. The molecule has 2 aliphatic heterocycles. The summed E-state index contributed by atoms with van der Waals surface area (Å²) >= 11 is 0. The van der Waals surface area contributed by atoms with E-state index in [4.69, 9.17) is 19.2 Å². The fourth-order valence-corrected chi connectivity index (χ4v) is 4.85. The van der Waals surface area contributed by atoms with Gasteiger partial charge in [-0.3, -0.25) is 4.79 Å². The van der Waals surface area contributed by atoms with Gasteiger partial charge in [0.1, 0.15) is 0 Å². The van der Waals surface area contributed by atoms with Gasteiger partial charge in [-0.15, -0.1) is 0 Å². The number of carbonyl (C=O) groups excluding carboxylic acids is 1. The lowest BCUT2D eigenvalue weighted by atomic mass is 9.85. The van der Waals surface area contributed by atoms with Crippen molar-refractivity contribution >= 4 is 28.5 Å². The van der Waals surface area contributed by atoms with Crippen LogP contribution in [-0.2, 0) is 11.2 Å². The van der Waals surface area contributed by atoms with Gasteiger partial charge in [0, 0.05) is 18.5 Å². The van der Waals surface area contributed by atoms with E-state index in [-0.39, 0.29) is 12.7 Å². The minimum absolute atomic E-state index is 0.0903. The summed E-state index contributed by atoms with van der Waals surface area (Å²) in [6.45, 7) is 2.70. The molecular formula is C26H24N2O4. The van der Waals surface area contributed by atoms with Crippen molar-refractivity contribution in [2.24, 2.45) is 0 Å². The van der Waals surface area contributed by atoms with Gasteiger partial charge in [-0.05, 0) is 60.2 Å². The summed E-state index contributed by atoms with van der Waals surface area (Å²) in [5.74, 6) is 1.64. The van der Waals surface area contributed by atoms with Crippen LogP contribution in [0.1, 0.15) is 40.0 Å². The molecule has 6 rings (SSSR count). The summed E-state index contributed by atoms with van der Waals surface area (Å²) in [6, 6.07) is 14.0. The zero-order valence-corrected chi connectivity index (χ0v) is 17.8. The number of amides is 1. The molecule has 0 atom stereocenters. The van der Waals surface area contributed by atoms with Gasteiger partial charge in [-0.25, -0.2) is 4.98 Å². The maximum Gasteiger partial charge on any atom is 0.255 e. The number of hydrogen-bond acceptors (Lipinski definition) is 5. The fourth-order valence-electron chi connectivity index (χ4n) is 4.85. The number of ether oxygens (including phenoxy) is 3. The highest BCUT2D eigenvalue weighted by Crippen LogP contribution is 2.38. The molecule has 1 saturated heterocycles. The maximum absolute atomic E-state index is 13.7. The number of allylic oxidation sites excluding steroid dienone is 1. The Kier molecular flexibility index (Phi) is 4.80. The zero-order valence-electron chi connectivity index (χ0n) is 17.8. The molecule has 3 aromatic rings. The van der Waals surface area contributed by atoms with Crippen molar-refractivity contribution in [3.05, 3.63) is 64.8 Å². The maximum atomic E-state index is 13.7. The molecule has 0 bridgehead atoms. The summed E-state index contributed by atoms with van der Waals surface area (Å²) in [5, 5.41) is 0.937. The van der Waals surface area contributed by atoms with Crippen molar-refractivity contribution in [3.63, 3.8) is 0 Å². The molecule has 1 aromatic heterocycles. The van der Waals surface area contributed by atoms with Crippen LogP contribution in [0.4, 0.5) is 0 Å². The van der Waals surface area contributed by atoms with E-state index in [1.807, 2.05) is 47.4 Å². The van der Waals surface area contributed by atoms with E-state index in [1.54, 1.807) is 0 Å². The topological polar surface area (TPSA) is 60.9 Å². The van der Waals surface area contributed by atoms with Crippen molar-refractivity contribution < 1.29 is 19.0 Å². The highest BCUT2D eigenvalue weighted by Gasteiger charge is 2.28. The number of pyridine rings is 1. The van der Waals surface area contributed by atoms with E-state index in [9.17, 15) is 4.79 Å². The first-order valence-electron chi connectivity index (χ1n) is 11.2. The van der Waals surface area contributed by atoms with Gasteiger partial charge in [0.2, 0.25) is 6.79 Å². The van der Waals surface area contributed by atoms with E-state index in [0.29, 0.717) is 26.3 Å². The molecule has 0 unspecified atom stereocenters. The van der Waals surface area contributed by atoms with Crippen LogP contribution in [0.3, 0.4) is 0 Å². The number of nitrogens with zero attached hydrogens (tertiary/aromatic N) is 2.